The van der Waals surface area contributed by atoms with Crippen molar-refractivity contribution in [1.29, 1.82) is 5.26 Å². The lowest BCUT2D eigenvalue weighted by Gasteiger charge is -2.11. The van der Waals surface area contributed by atoms with Crippen molar-refractivity contribution in [3.05, 3.63) is 102 Å². The maximum absolute atomic E-state index is 12.6. The van der Waals surface area contributed by atoms with E-state index in [9.17, 15) is 20.2 Å². The Morgan fingerprint density at radius 1 is 1.03 bits per heavy atom. The fourth-order valence-electron chi connectivity index (χ4n) is 2.80. The highest BCUT2D eigenvalue weighted by molar-refractivity contribution is 6.37. The zero-order valence-electron chi connectivity index (χ0n) is 17.0. The van der Waals surface area contributed by atoms with Crippen LogP contribution in [0.4, 0.5) is 11.4 Å². The van der Waals surface area contributed by atoms with E-state index in [-0.39, 0.29) is 38.7 Å². The van der Waals surface area contributed by atoms with Gasteiger partial charge in [-0.15, -0.1) is 0 Å². The van der Waals surface area contributed by atoms with Gasteiger partial charge in [-0.3, -0.25) is 14.9 Å². The monoisotopic (exact) mass is 535 g/mol. The number of nitrogens with zero attached hydrogens (tertiary/aromatic N) is 2. The third kappa shape index (κ3) is 6.40. The van der Waals surface area contributed by atoms with Crippen molar-refractivity contribution in [2.24, 2.45) is 0 Å². The Kier molecular flexibility index (Phi) is 8.37. The number of nitriles is 1. The van der Waals surface area contributed by atoms with Gasteiger partial charge in [-0.2, -0.15) is 5.26 Å². The van der Waals surface area contributed by atoms with Gasteiger partial charge in [0.25, 0.3) is 11.6 Å². The molecule has 34 heavy (non-hydrogen) atoms. The third-order valence-corrected chi connectivity index (χ3v) is 5.45. The molecule has 0 aliphatic heterocycles. The molecule has 0 bridgehead atoms. The van der Waals surface area contributed by atoms with Gasteiger partial charge in [0.2, 0.25) is 0 Å². The number of hydrogen-bond acceptors (Lipinski definition) is 5. The molecule has 3 rings (SSSR count). The first-order valence-corrected chi connectivity index (χ1v) is 10.9. The molecule has 3 aromatic carbocycles. The van der Waals surface area contributed by atoms with E-state index in [0.29, 0.717) is 10.6 Å². The summed E-state index contributed by atoms with van der Waals surface area (Å²) in [6.45, 7) is 0.192. The highest BCUT2D eigenvalue weighted by atomic mass is 35.5. The van der Waals surface area contributed by atoms with Crippen LogP contribution >= 0.6 is 46.4 Å². The number of rotatable bonds is 7. The van der Waals surface area contributed by atoms with E-state index >= 15 is 0 Å². The van der Waals surface area contributed by atoms with E-state index in [1.54, 1.807) is 30.3 Å². The van der Waals surface area contributed by atoms with Crippen LogP contribution in [0, 0.1) is 21.4 Å². The van der Waals surface area contributed by atoms with Crippen LogP contribution in [0.1, 0.15) is 11.1 Å². The molecule has 0 saturated heterocycles. The Balaban J connectivity index is 1.80. The van der Waals surface area contributed by atoms with Crippen LogP contribution in [0.15, 0.2) is 60.2 Å². The number of nitrogens with one attached hydrogen (secondary N) is 1. The van der Waals surface area contributed by atoms with Crippen molar-refractivity contribution in [2.75, 3.05) is 5.32 Å². The summed E-state index contributed by atoms with van der Waals surface area (Å²) < 4.78 is 5.70. The van der Waals surface area contributed by atoms with Crippen molar-refractivity contribution in [3.63, 3.8) is 0 Å². The van der Waals surface area contributed by atoms with E-state index < -0.39 is 16.5 Å². The van der Waals surface area contributed by atoms with Crippen molar-refractivity contribution >= 4 is 69.8 Å². The molecular weight excluding hydrogens is 524 g/mol. The molecule has 7 nitrogen and oxygen atoms in total. The SMILES string of the molecule is N#CC(=Cc1cc(Cl)c(OCc2ccc(Cl)cc2)c(Cl)c1)C(=O)Nc1ccc(Cl)cc1[N+](=O)[O-]. The van der Waals surface area contributed by atoms with Crippen LogP contribution in [0.2, 0.25) is 20.1 Å². The highest BCUT2D eigenvalue weighted by Crippen LogP contribution is 2.35. The molecule has 0 aliphatic rings. The number of amides is 1. The van der Waals surface area contributed by atoms with Gasteiger partial charge in [0.15, 0.2) is 5.75 Å². The summed E-state index contributed by atoms with van der Waals surface area (Å²) in [5.74, 6) is -0.626. The normalized spacial score (nSPS) is 11.0. The molecule has 0 radical (unpaired) electrons. The lowest BCUT2D eigenvalue weighted by molar-refractivity contribution is -0.383. The van der Waals surface area contributed by atoms with Gasteiger partial charge in [0.05, 0.1) is 15.0 Å². The molecule has 3 aromatic rings. The van der Waals surface area contributed by atoms with Gasteiger partial charge in [0.1, 0.15) is 23.9 Å². The maximum Gasteiger partial charge on any atom is 0.294 e. The second-order valence-electron chi connectivity index (χ2n) is 6.77. The number of hydrogen-bond donors (Lipinski definition) is 1. The summed E-state index contributed by atoms with van der Waals surface area (Å²) in [4.78, 5) is 23.1. The Hall–Kier alpha value is -3.28. The van der Waals surface area contributed by atoms with Gasteiger partial charge < -0.3 is 10.1 Å². The molecular formula is C23H13Cl4N3O4. The number of nitro groups is 1. The lowest BCUT2D eigenvalue weighted by Crippen LogP contribution is -2.14. The lowest BCUT2D eigenvalue weighted by atomic mass is 10.1. The van der Waals surface area contributed by atoms with E-state index in [4.69, 9.17) is 51.1 Å². The van der Waals surface area contributed by atoms with E-state index in [1.165, 1.54) is 30.3 Å². The van der Waals surface area contributed by atoms with E-state index in [1.807, 2.05) is 0 Å². The van der Waals surface area contributed by atoms with Gasteiger partial charge in [-0.25, -0.2) is 0 Å². The number of carbonyl (C=O) groups is 1. The summed E-state index contributed by atoms with van der Waals surface area (Å²) in [6.07, 6.45) is 1.25. The minimum absolute atomic E-state index is 0.109. The molecule has 0 aromatic heterocycles. The molecule has 0 saturated carbocycles. The second kappa shape index (κ2) is 11.2. The molecule has 0 atom stereocenters. The van der Waals surface area contributed by atoms with Crippen LogP contribution in [-0.4, -0.2) is 10.8 Å². The van der Waals surface area contributed by atoms with Gasteiger partial charge in [0, 0.05) is 16.1 Å². The van der Waals surface area contributed by atoms with Crippen molar-refractivity contribution in [1.82, 2.24) is 0 Å². The first-order chi connectivity index (χ1) is 16.2. The van der Waals surface area contributed by atoms with Crippen molar-refractivity contribution in [3.8, 4) is 11.8 Å². The van der Waals surface area contributed by atoms with Crippen molar-refractivity contribution in [2.45, 2.75) is 6.61 Å². The van der Waals surface area contributed by atoms with Gasteiger partial charge in [-0.1, -0.05) is 58.5 Å². The fourth-order valence-corrected chi connectivity index (χ4v) is 3.71. The Labute approximate surface area is 214 Å². The first-order valence-electron chi connectivity index (χ1n) is 9.41. The minimum atomic E-state index is -0.858. The van der Waals surface area contributed by atoms with Crippen molar-refractivity contribution < 1.29 is 14.5 Å². The van der Waals surface area contributed by atoms with Gasteiger partial charge >= 0.3 is 0 Å². The largest absolute Gasteiger partial charge is 0.486 e. The number of carbonyl (C=O) groups excluding carboxylic acids is 1. The average Bonchev–Trinajstić information content (AvgIpc) is 2.79. The predicted octanol–water partition coefficient (Wildman–Crippen LogP) is 7.33. The topological polar surface area (TPSA) is 105 Å². The number of nitro benzene ring substituents is 1. The number of anilines is 1. The molecule has 0 aliphatic carbocycles. The number of ether oxygens (including phenoxy) is 1. The number of benzene rings is 3. The Morgan fingerprint density at radius 2 is 1.65 bits per heavy atom. The molecule has 0 spiro atoms. The van der Waals surface area contributed by atoms with Crippen LogP contribution in [-0.2, 0) is 11.4 Å². The molecule has 172 valence electrons. The van der Waals surface area contributed by atoms with E-state index in [2.05, 4.69) is 5.32 Å². The van der Waals surface area contributed by atoms with Crippen LogP contribution in [0.5, 0.6) is 5.75 Å². The third-order valence-electron chi connectivity index (χ3n) is 4.40. The smallest absolute Gasteiger partial charge is 0.294 e. The molecule has 11 heteroatoms. The molecule has 0 heterocycles. The summed E-state index contributed by atoms with van der Waals surface area (Å²) >= 11 is 24.3. The zero-order chi connectivity index (χ0) is 24.8. The minimum Gasteiger partial charge on any atom is -0.486 e. The predicted molar refractivity (Wildman–Crippen MR) is 133 cm³/mol. The summed E-state index contributed by atoms with van der Waals surface area (Å²) in [5, 5.41) is 24.1. The second-order valence-corrected chi connectivity index (χ2v) is 8.46. The van der Waals surface area contributed by atoms with Crippen LogP contribution in [0.25, 0.3) is 6.08 Å². The molecule has 0 fully saturated rings. The van der Waals surface area contributed by atoms with Gasteiger partial charge in [-0.05, 0) is 53.6 Å². The zero-order valence-corrected chi connectivity index (χ0v) is 20.0. The van der Waals surface area contributed by atoms with Crippen LogP contribution in [0.3, 0.4) is 0 Å². The number of halogens is 4. The standard InChI is InChI=1S/C23H13Cl4N3O4/c24-16-3-1-13(2-4-16)12-34-22-18(26)8-14(9-19(22)27)7-15(11-28)23(31)29-20-6-5-17(25)10-21(20)30(32)33/h1-10H,12H2,(H,29,31). The van der Waals surface area contributed by atoms with Crippen LogP contribution < -0.4 is 10.1 Å². The average molecular weight is 537 g/mol. The van der Waals surface area contributed by atoms with E-state index in [0.717, 1.165) is 11.6 Å². The first kappa shape index (κ1) is 25.3. The Morgan fingerprint density at radius 3 is 2.24 bits per heavy atom. The summed E-state index contributed by atoms with van der Waals surface area (Å²) in [7, 11) is 0. The highest BCUT2D eigenvalue weighted by Gasteiger charge is 2.19. The quantitative estimate of drug-likeness (QED) is 0.147. The molecule has 0 unspecified atom stereocenters. The summed E-state index contributed by atoms with van der Waals surface area (Å²) in [6, 6.07) is 15.5. The fraction of sp³-hybridized carbons (Fsp3) is 0.0435. The molecule has 1 amide bonds. The molecule has 1 N–H and O–H groups in total. The maximum atomic E-state index is 12.6. The Bertz CT molecular complexity index is 1310. The summed E-state index contributed by atoms with van der Waals surface area (Å²) in [5.41, 5.74) is 0.353.